The molecule has 1 unspecified atom stereocenters. The van der Waals surface area contributed by atoms with E-state index in [0.717, 1.165) is 60.2 Å². The molecule has 2 aliphatic rings. The van der Waals surface area contributed by atoms with Crippen LogP contribution in [0.4, 0.5) is 0 Å². The van der Waals surface area contributed by atoms with Gasteiger partial charge in [0.25, 0.3) is 0 Å². The Bertz CT molecular complexity index is 922. The molecule has 146 valence electrons. The molecule has 0 bridgehead atoms. The first-order chi connectivity index (χ1) is 13.6. The first kappa shape index (κ1) is 19.1. The van der Waals surface area contributed by atoms with Crippen molar-refractivity contribution in [1.82, 2.24) is 9.97 Å². The van der Waals surface area contributed by atoms with Gasteiger partial charge >= 0.3 is 0 Å². The van der Waals surface area contributed by atoms with Crippen LogP contribution in [0.25, 0.3) is 11.1 Å². The molecule has 1 atom stereocenters. The summed E-state index contributed by atoms with van der Waals surface area (Å²) in [5, 5.41) is 10.3. The summed E-state index contributed by atoms with van der Waals surface area (Å²) in [7, 11) is 1.76. The van der Waals surface area contributed by atoms with E-state index in [4.69, 9.17) is 9.72 Å². The Morgan fingerprint density at radius 2 is 2.11 bits per heavy atom. The number of pyridine rings is 2. The molecule has 4 heteroatoms. The summed E-state index contributed by atoms with van der Waals surface area (Å²) in [4.78, 5) is 9.55. The van der Waals surface area contributed by atoms with Gasteiger partial charge < -0.3 is 4.74 Å². The smallest absolute Gasteiger partial charge is 0.102 e. The fourth-order valence-electron chi connectivity index (χ4n) is 5.22. The fraction of sp³-hybridized carbons (Fsp3) is 0.542. The molecular weight excluding hydrogens is 346 g/mol. The van der Waals surface area contributed by atoms with E-state index in [2.05, 4.69) is 24.0 Å². The second-order valence-electron chi connectivity index (χ2n) is 8.70. The van der Waals surface area contributed by atoms with E-state index in [1.165, 1.54) is 24.1 Å². The van der Waals surface area contributed by atoms with Crippen molar-refractivity contribution in [2.45, 2.75) is 64.2 Å². The van der Waals surface area contributed by atoms with Crippen LogP contribution in [0, 0.1) is 24.2 Å². The van der Waals surface area contributed by atoms with Crippen LogP contribution in [-0.2, 0) is 23.0 Å². The second kappa shape index (κ2) is 7.64. The van der Waals surface area contributed by atoms with Crippen molar-refractivity contribution >= 4 is 0 Å². The molecule has 0 amide bonds. The first-order valence-corrected chi connectivity index (χ1v) is 10.5. The van der Waals surface area contributed by atoms with Crippen LogP contribution in [0.2, 0.25) is 0 Å². The molecule has 2 heterocycles. The number of nitriles is 1. The van der Waals surface area contributed by atoms with Gasteiger partial charge in [-0.25, -0.2) is 0 Å². The Kier molecular flexibility index (Phi) is 5.21. The Balaban J connectivity index is 2.01. The van der Waals surface area contributed by atoms with E-state index < -0.39 is 0 Å². The van der Waals surface area contributed by atoms with Crippen molar-refractivity contribution in [3.8, 4) is 17.2 Å². The lowest BCUT2D eigenvalue weighted by Gasteiger charge is -2.33. The summed E-state index contributed by atoms with van der Waals surface area (Å²) >= 11 is 0. The van der Waals surface area contributed by atoms with E-state index >= 15 is 0 Å². The summed E-state index contributed by atoms with van der Waals surface area (Å²) in [6, 6.07) is 6.72. The SMILES string of the molecule is COCC1(c2nc3c(c(-c4ccnc(C)c4)c2C#N)CC(C)CC3)CCCC1. The average molecular weight is 376 g/mol. The van der Waals surface area contributed by atoms with E-state index in [9.17, 15) is 5.26 Å². The van der Waals surface area contributed by atoms with Gasteiger partial charge in [0.2, 0.25) is 0 Å². The van der Waals surface area contributed by atoms with E-state index in [1.54, 1.807) is 7.11 Å². The number of aromatic nitrogens is 2. The normalized spacial score (nSPS) is 20.6. The van der Waals surface area contributed by atoms with Gasteiger partial charge in [0.15, 0.2) is 0 Å². The zero-order chi connectivity index (χ0) is 19.7. The number of hydrogen-bond donors (Lipinski definition) is 0. The minimum absolute atomic E-state index is 0.130. The molecule has 1 fully saturated rings. The summed E-state index contributed by atoms with van der Waals surface area (Å²) in [6.07, 6.45) is 9.45. The van der Waals surface area contributed by atoms with Crippen LogP contribution in [-0.4, -0.2) is 23.7 Å². The number of fused-ring (bicyclic) bond motifs is 1. The van der Waals surface area contributed by atoms with Gasteiger partial charge in [0.05, 0.1) is 17.9 Å². The highest BCUT2D eigenvalue weighted by Gasteiger charge is 2.41. The highest BCUT2D eigenvalue weighted by atomic mass is 16.5. The maximum Gasteiger partial charge on any atom is 0.102 e. The van der Waals surface area contributed by atoms with Gasteiger partial charge in [0.1, 0.15) is 6.07 Å². The predicted molar refractivity (Wildman–Crippen MR) is 110 cm³/mol. The zero-order valence-electron chi connectivity index (χ0n) is 17.2. The number of methoxy groups -OCH3 is 1. The second-order valence-corrected chi connectivity index (χ2v) is 8.70. The maximum absolute atomic E-state index is 10.3. The topological polar surface area (TPSA) is 58.8 Å². The molecule has 2 aromatic heterocycles. The third-order valence-electron chi connectivity index (χ3n) is 6.59. The Hall–Kier alpha value is -2.25. The number of hydrogen-bond acceptors (Lipinski definition) is 4. The Morgan fingerprint density at radius 1 is 1.32 bits per heavy atom. The zero-order valence-corrected chi connectivity index (χ0v) is 17.2. The van der Waals surface area contributed by atoms with Gasteiger partial charge in [-0.15, -0.1) is 0 Å². The lowest BCUT2D eigenvalue weighted by molar-refractivity contribution is 0.129. The highest BCUT2D eigenvalue weighted by molar-refractivity contribution is 5.76. The number of ether oxygens (including phenoxy) is 1. The molecule has 0 aromatic carbocycles. The molecule has 28 heavy (non-hydrogen) atoms. The fourth-order valence-corrected chi connectivity index (χ4v) is 5.22. The summed E-state index contributed by atoms with van der Waals surface area (Å²) in [6.45, 7) is 4.95. The standard InChI is InChI=1S/C24H29N3O/c1-16-6-7-21-19(12-16)22(18-8-11-26-17(2)13-18)20(14-25)23(27-21)24(15-28-3)9-4-5-10-24/h8,11,13,16H,4-7,9-10,12,15H2,1-3H3. The largest absolute Gasteiger partial charge is 0.384 e. The molecule has 4 nitrogen and oxygen atoms in total. The van der Waals surface area contributed by atoms with Crippen molar-refractivity contribution in [2.75, 3.05) is 13.7 Å². The number of nitrogens with zero attached hydrogens (tertiary/aromatic N) is 3. The Morgan fingerprint density at radius 3 is 2.79 bits per heavy atom. The lowest BCUT2D eigenvalue weighted by Crippen LogP contribution is -2.32. The summed E-state index contributed by atoms with van der Waals surface area (Å²) in [5.41, 5.74) is 7.25. The molecule has 2 aliphatic carbocycles. The molecule has 0 N–H and O–H groups in total. The highest BCUT2D eigenvalue weighted by Crippen LogP contribution is 2.46. The third kappa shape index (κ3) is 3.22. The molecule has 1 saturated carbocycles. The van der Waals surface area contributed by atoms with Gasteiger partial charge in [-0.3, -0.25) is 9.97 Å². The van der Waals surface area contributed by atoms with Gasteiger partial charge in [0, 0.05) is 35.7 Å². The summed E-state index contributed by atoms with van der Waals surface area (Å²) in [5.74, 6) is 0.618. The predicted octanol–water partition coefficient (Wildman–Crippen LogP) is 4.91. The van der Waals surface area contributed by atoms with Gasteiger partial charge in [-0.1, -0.05) is 19.8 Å². The minimum atomic E-state index is -0.130. The minimum Gasteiger partial charge on any atom is -0.384 e. The van der Waals surface area contributed by atoms with Crippen molar-refractivity contribution in [3.05, 3.63) is 46.5 Å². The molecule has 0 aliphatic heterocycles. The van der Waals surface area contributed by atoms with E-state index in [1.807, 2.05) is 19.2 Å². The van der Waals surface area contributed by atoms with Crippen LogP contribution in [0.1, 0.15) is 67.2 Å². The number of aryl methyl sites for hydroxylation is 2. The van der Waals surface area contributed by atoms with Crippen LogP contribution >= 0.6 is 0 Å². The maximum atomic E-state index is 10.3. The van der Waals surface area contributed by atoms with Crippen LogP contribution in [0.3, 0.4) is 0 Å². The third-order valence-corrected chi connectivity index (χ3v) is 6.59. The van der Waals surface area contributed by atoms with Crippen LogP contribution in [0.5, 0.6) is 0 Å². The molecular formula is C24H29N3O. The monoisotopic (exact) mass is 375 g/mol. The molecule has 4 rings (SSSR count). The number of rotatable bonds is 4. The molecule has 0 spiro atoms. The summed E-state index contributed by atoms with van der Waals surface area (Å²) < 4.78 is 5.65. The first-order valence-electron chi connectivity index (χ1n) is 10.5. The van der Waals surface area contributed by atoms with Gasteiger partial charge in [-0.2, -0.15) is 5.26 Å². The van der Waals surface area contributed by atoms with Gasteiger partial charge in [-0.05, 0) is 68.2 Å². The lowest BCUT2D eigenvalue weighted by atomic mass is 9.75. The molecule has 2 aromatic rings. The van der Waals surface area contributed by atoms with E-state index in [-0.39, 0.29) is 5.41 Å². The average Bonchev–Trinajstić information content (AvgIpc) is 3.16. The Labute approximate surface area is 168 Å². The van der Waals surface area contributed by atoms with Crippen molar-refractivity contribution in [1.29, 1.82) is 5.26 Å². The van der Waals surface area contributed by atoms with Crippen LogP contribution in [0.15, 0.2) is 18.3 Å². The van der Waals surface area contributed by atoms with Crippen molar-refractivity contribution < 1.29 is 4.74 Å². The molecule has 0 radical (unpaired) electrons. The van der Waals surface area contributed by atoms with E-state index in [0.29, 0.717) is 12.5 Å². The quantitative estimate of drug-likeness (QED) is 0.762. The van der Waals surface area contributed by atoms with Crippen LogP contribution < -0.4 is 0 Å². The van der Waals surface area contributed by atoms with Crippen molar-refractivity contribution in [3.63, 3.8) is 0 Å². The van der Waals surface area contributed by atoms with Crippen molar-refractivity contribution in [2.24, 2.45) is 5.92 Å². The molecule has 0 saturated heterocycles.